The highest BCUT2D eigenvalue weighted by molar-refractivity contribution is 5.50. The molecule has 1 fully saturated rings. The monoisotopic (exact) mass is 234 g/mol. The highest BCUT2D eigenvalue weighted by atomic mass is 19.1. The fraction of sp³-hybridized carbons (Fsp3) is 0.364. The summed E-state index contributed by atoms with van der Waals surface area (Å²) in [6.07, 6.45) is 5.04. The van der Waals surface area contributed by atoms with Crippen LogP contribution in [0.15, 0.2) is 22.9 Å². The van der Waals surface area contributed by atoms with E-state index >= 15 is 0 Å². The van der Waals surface area contributed by atoms with Gasteiger partial charge in [-0.1, -0.05) is 0 Å². The van der Waals surface area contributed by atoms with Gasteiger partial charge in [-0.3, -0.25) is 4.98 Å². The second kappa shape index (κ2) is 4.21. The largest absolute Gasteiger partial charge is 0.419 e. The number of nitrogens with zero attached hydrogens (tertiary/aromatic N) is 3. The van der Waals surface area contributed by atoms with Crippen molar-refractivity contribution >= 4 is 0 Å². The van der Waals surface area contributed by atoms with Gasteiger partial charge in [0.15, 0.2) is 0 Å². The average Bonchev–Trinajstić information content (AvgIpc) is 3.04. The Hall–Kier alpha value is -1.82. The summed E-state index contributed by atoms with van der Waals surface area (Å²) >= 11 is 0. The summed E-state index contributed by atoms with van der Waals surface area (Å²) in [4.78, 5) is 3.74. The van der Waals surface area contributed by atoms with E-state index < -0.39 is 5.82 Å². The van der Waals surface area contributed by atoms with Gasteiger partial charge in [-0.2, -0.15) is 0 Å². The van der Waals surface area contributed by atoms with Crippen LogP contribution in [0.4, 0.5) is 4.39 Å². The van der Waals surface area contributed by atoms with Crippen molar-refractivity contribution in [3.63, 3.8) is 0 Å². The van der Waals surface area contributed by atoms with Gasteiger partial charge < -0.3 is 9.73 Å². The van der Waals surface area contributed by atoms with Crippen molar-refractivity contribution in [3.8, 4) is 11.5 Å². The lowest BCUT2D eigenvalue weighted by Crippen LogP contribution is -2.15. The van der Waals surface area contributed by atoms with Crippen LogP contribution < -0.4 is 5.32 Å². The molecule has 1 aliphatic rings. The third-order valence-electron chi connectivity index (χ3n) is 2.54. The Balaban J connectivity index is 1.74. The Morgan fingerprint density at radius 1 is 1.35 bits per heavy atom. The first kappa shape index (κ1) is 10.3. The summed E-state index contributed by atoms with van der Waals surface area (Å²) in [5.41, 5.74) is 0.496. The molecule has 2 heterocycles. The molecule has 6 heteroatoms. The Kier molecular flexibility index (Phi) is 2.56. The SMILES string of the molecule is Fc1cncc(-c2nnc(CNC3CC3)o2)c1. The summed E-state index contributed by atoms with van der Waals surface area (Å²) in [5.74, 6) is 0.388. The lowest BCUT2D eigenvalue weighted by molar-refractivity contribution is 0.476. The minimum atomic E-state index is -0.418. The number of pyridine rings is 1. The van der Waals surface area contributed by atoms with Gasteiger partial charge >= 0.3 is 0 Å². The molecule has 3 rings (SSSR count). The Bertz CT molecular complexity index is 524. The number of hydrogen-bond acceptors (Lipinski definition) is 5. The van der Waals surface area contributed by atoms with E-state index in [1.165, 1.54) is 25.1 Å². The van der Waals surface area contributed by atoms with Gasteiger partial charge in [0.2, 0.25) is 11.8 Å². The summed E-state index contributed by atoms with van der Waals surface area (Å²) in [6.45, 7) is 0.556. The molecule has 1 saturated carbocycles. The molecule has 0 amide bonds. The maximum atomic E-state index is 13.0. The second-order valence-electron chi connectivity index (χ2n) is 4.05. The standard InChI is InChI=1S/C11H11FN4O/c12-8-3-7(4-13-5-8)11-16-15-10(17-11)6-14-9-1-2-9/h3-5,9,14H,1-2,6H2. The summed E-state index contributed by atoms with van der Waals surface area (Å²) in [7, 11) is 0. The number of nitrogens with one attached hydrogen (secondary N) is 1. The Morgan fingerprint density at radius 3 is 3.00 bits per heavy atom. The molecule has 2 aromatic heterocycles. The van der Waals surface area contributed by atoms with E-state index in [1.54, 1.807) is 0 Å². The molecule has 0 aliphatic heterocycles. The van der Waals surface area contributed by atoms with Crippen molar-refractivity contribution in [1.29, 1.82) is 0 Å². The zero-order chi connectivity index (χ0) is 11.7. The normalized spacial score (nSPS) is 15.1. The van der Waals surface area contributed by atoms with Crippen molar-refractivity contribution in [3.05, 3.63) is 30.2 Å². The maximum absolute atomic E-state index is 13.0. The van der Waals surface area contributed by atoms with E-state index in [4.69, 9.17) is 4.42 Å². The lowest BCUT2D eigenvalue weighted by atomic mass is 10.3. The van der Waals surface area contributed by atoms with Crippen LogP contribution in [0.2, 0.25) is 0 Å². The van der Waals surface area contributed by atoms with Crippen LogP contribution in [0.25, 0.3) is 11.5 Å². The fourth-order valence-corrected chi connectivity index (χ4v) is 1.49. The van der Waals surface area contributed by atoms with E-state index in [2.05, 4.69) is 20.5 Å². The number of hydrogen-bond donors (Lipinski definition) is 1. The number of rotatable bonds is 4. The van der Waals surface area contributed by atoms with Gasteiger partial charge in [-0.05, 0) is 18.9 Å². The van der Waals surface area contributed by atoms with E-state index in [9.17, 15) is 4.39 Å². The highest BCUT2D eigenvalue weighted by Gasteiger charge is 2.21. The minimum absolute atomic E-state index is 0.296. The lowest BCUT2D eigenvalue weighted by Gasteiger charge is -1.96. The Labute approximate surface area is 97.1 Å². The first-order valence-corrected chi connectivity index (χ1v) is 5.48. The van der Waals surface area contributed by atoms with Crippen LogP contribution >= 0.6 is 0 Å². The maximum Gasteiger partial charge on any atom is 0.249 e. The smallest absolute Gasteiger partial charge is 0.249 e. The van der Waals surface area contributed by atoms with Gasteiger partial charge in [0.25, 0.3) is 0 Å². The molecule has 0 bridgehead atoms. The van der Waals surface area contributed by atoms with Crippen molar-refractivity contribution in [2.24, 2.45) is 0 Å². The van der Waals surface area contributed by atoms with Gasteiger partial charge in [0, 0.05) is 12.2 Å². The molecule has 0 aromatic carbocycles. The van der Waals surface area contributed by atoms with Crippen molar-refractivity contribution in [1.82, 2.24) is 20.5 Å². The molecule has 88 valence electrons. The predicted octanol–water partition coefficient (Wildman–Crippen LogP) is 1.52. The van der Waals surface area contributed by atoms with E-state index in [-0.39, 0.29) is 0 Å². The molecular formula is C11H11FN4O. The van der Waals surface area contributed by atoms with Crippen LogP contribution in [-0.4, -0.2) is 21.2 Å². The van der Waals surface area contributed by atoms with Crippen molar-refractivity contribution in [2.75, 3.05) is 0 Å². The molecule has 0 radical (unpaired) electrons. The predicted molar refractivity (Wildman–Crippen MR) is 57.3 cm³/mol. The highest BCUT2D eigenvalue weighted by Crippen LogP contribution is 2.20. The molecule has 0 unspecified atom stereocenters. The first-order chi connectivity index (χ1) is 8.31. The summed E-state index contributed by atoms with van der Waals surface area (Å²) in [6, 6.07) is 1.90. The second-order valence-corrected chi connectivity index (χ2v) is 4.05. The van der Waals surface area contributed by atoms with Crippen molar-refractivity contribution < 1.29 is 8.81 Å². The minimum Gasteiger partial charge on any atom is -0.419 e. The zero-order valence-electron chi connectivity index (χ0n) is 9.06. The van der Waals surface area contributed by atoms with E-state index in [0.29, 0.717) is 29.9 Å². The van der Waals surface area contributed by atoms with E-state index in [1.807, 2.05) is 0 Å². The molecule has 1 aliphatic carbocycles. The molecule has 0 atom stereocenters. The van der Waals surface area contributed by atoms with Gasteiger partial charge in [0.05, 0.1) is 18.3 Å². The topological polar surface area (TPSA) is 63.8 Å². The number of aromatic nitrogens is 3. The average molecular weight is 234 g/mol. The molecular weight excluding hydrogens is 223 g/mol. The molecule has 0 saturated heterocycles. The van der Waals surface area contributed by atoms with Gasteiger partial charge in [-0.25, -0.2) is 4.39 Å². The van der Waals surface area contributed by atoms with Crippen LogP contribution in [0.3, 0.4) is 0 Å². The van der Waals surface area contributed by atoms with Gasteiger partial charge in [-0.15, -0.1) is 10.2 Å². The molecule has 1 N–H and O–H groups in total. The quantitative estimate of drug-likeness (QED) is 0.869. The molecule has 5 nitrogen and oxygen atoms in total. The first-order valence-electron chi connectivity index (χ1n) is 5.48. The molecule has 2 aromatic rings. The van der Waals surface area contributed by atoms with Crippen molar-refractivity contribution in [2.45, 2.75) is 25.4 Å². The van der Waals surface area contributed by atoms with E-state index in [0.717, 1.165) is 6.20 Å². The fourth-order valence-electron chi connectivity index (χ4n) is 1.49. The van der Waals surface area contributed by atoms with Gasteiger partial charge in [0.1, 0.15) is 5.82 Å². The van der Waals surface area contributed by atoms with Crippen LogP contribution in [0.5, 0.6) is 0 Å². The zero-order valence-corrected chi connectivity index (χ0v) is 9.06. The third kappa shape index (κ3) is 2.47. The van der Waals surface area contributed by atoms with Crippen LogP contribution in [-0.2, 0) is 6.54 Å². The number of halogens is 1. The Morgan fingerprint density at radius 2 is 2.24 bits per heavy atom. The summed E-state index contributed by atoms with van der Waals surface area (Å²) in [5, 5.41) is 11.0. The third-order valence-corrected chi connectivity index (χ3v) is 2.54. The van der Waals surface area contributed by atoms with Crippen LogP contribution in [0, 0.1) is 5.82 Å². The summed E-state index contributed by atoms with van der Waals surface area (Å²) < 4.78 is 18.4. The van der Waals surface area contributed by atoms with Crippen LogP contribution in [0.1, 0.15) is 18.7 Å². The molecule has 17 heavy (non-hydrogen) atoms. The molecule has 0 spiro atoms.